The SMILES string of the molecule is CC(N)CSCC(=O)NC(=O)c1cccn1C. The first kappa shape index (κ1) is 13.8. The Morgan fingerprint density at radius 2 is 2.29 bits per heavy atom. The van der Waals surface area contributed by atoms with E-state index < -0.39 is 0 Å². The van der Waals surface area contributed by atoms with Crippen LogP contribution in [0.25, 0.3) is 0 Å². The van der Waals surface area contributed by atoms with Gasteiger partial charge in [-0.1, -0.05) is 0 Å². The fourth-order valence-electron chi connectivity index (χ4n) is 1.26. The molecule has 0 bridgehead atoms. The quantitative estimate of drug-likeness (QED) is 0.796. The van der Waals surface area contributed by atoms with Crippen LogP contribution in [0.2, 0.25) is 0 Å². The molecule has 1 heterocycles. The van der Waals surface area contributed by atoms with Gasteiger partial charge in [-0.25, -0.2) is 0 Å². The lowest BCUT2D eigenvalue weighted by molar-refractivity contribution is -0.117. The summed E-state index contributed by atoms with van der Waals surface area (Å²) in [5.41, 5.74) is 6.02. The maximum absolute atomic E-state index is 11.6. The molecule has 0 aromatic carbocycles. The Bertz CT molecular complexity index is 401. The van der Waals surface area contributed by atoms with E-state index in [0.29, 0.717) is 11.4 Å². The van der Waals surface area contributed by atoms with E-state index in [2.05, 4.69) is 5.32 Å². The number of rotatable bonds is 5. The minimum absolute atomic E-state index is 0.0522. The van der Waals surface area contributed by atoms with Crippen LogP contribution in [-0.4, -0.2) is 33.9 Å². The molecular weight excluding hydrogens is 238 g/mol. The molecule has 2 amide bonds. The van der Waals surface area contributed by atoms with Crippen LogP contribution in [0, 0.1) is 0 Å². The second-order valence-electron chi connectivity index (χ2n) is 3.87. The molecule has 0 radical (unpaired) electrons. The molecule has 1 rings (SSSR count). The Hall–Kier alpha value is -1.27. The normalized spacial score (nSPS) is 12.2. The van der Waals surface area contributed by atoms with Crippen LogP contribution >= 0.6 is 11.8 Å². The van der Waals surface area contributed by atoms with Gasteiger partial charge in [0, 0.05) is 25.0 Å². The maximum atomic E-state index is 11.6. The van der Waals surface area contributed by atoms with Crippen molar-refractivity contribution in [2.24, 2.45) is 12.8 Å². The first-order chi connectivity index (χ1) is 8.00. The number of carbonyl (C=O) groups excluding carboxylic acids is 2. The van der Waals surface area contributed by atoms with Crippen molar-refractivity contribution in [3.63, 3.8) is 0 Å². The van der Waals surface area contributed by atoms with E-state index in [1.165, 1.54) is 11.8 Å². The number of thioether (sulfide) groups is 1. The molecule has 0 aliphatic heterocycles. The number of aryl methyl sites for hydroxylation is 1. The van der Waals surface area contributed by atoms with Gasteiger partial charge in [-0.3, -0.25) is 14.9 Å². The first-order valence-electron chi connectivity index (χ1n) is 5.29. The lowest BCUT2D eigenvalue weighted by atomic mass is 10.4. The van der Waals surface area contributed by atoms with Gasteiger partial charge in [0.15, 0.2) is 0 Å². The summed E-state index contributed by atoms with van der Waals surface area (Å²) in [6, 6.07) is 3.47. The summed E-state index contributed by atoms with van der Waals surface area (Å²) in [4.78, 5) is 23.1. The van der Waals surface area contributed by atoms with Crippen molar-refractivity contribution in [2.45, 2.75) is 13.0 Å². The van der Waals surface area contributed by atoms with E-state index in [0.717, 1.165) is 0 Å². The van der Waals surface area contributed by atoms with E-state index >= 15 is 0 Å². The summed E-state index contributed by atoms with van der Waals surface area (Å²) in [5, 5.41) is 2.34. The summed E-state index contributed by atoms with van der Waals surface area (Å²) in [7, 11) is 1.75. The molecule has 0 saturated heterocycles. The molecule has 0 aliphatic carbocycles. The molecule has 0 aliphatic rings. The first-order valence-corrected chi connectivity index (χ1v) is 6.45. The van der Waals surface area contributed by atoms with E-state index in [1.54, 1.807) is 29.9 Å². The zero-order valence-electron chi connectivity index (χ0n) is 9.97. The molecule has 5 nitrogen and oxygen atoms in total. The van der Waals surface area contributed by atoms with E-state index in [-0.39, 0.29) is 23.6 Å². The molecule has 6 heteroatoms. The fraction of sp³-hybridized carbons (Fsp3) is 0.455. The highest BCUT2D eigenvalue weighted by Crippen LogP contribution is 2.02. The van der Waals surface area contributed by atoms with Crippen LogP contribution in [-0.2, 0) is 11.8 Å². The third kappa shape index (κ3) is 4.62. The predicted molar refractivity (Wildman–Crippen MR) is 68.9 cm³/mol. The van der Waals surface area contributed by atoms with Crippen molar-refractivity contribution in [2.75, 3.05) is 11.5 Å². The number of hydrogen-bond donors (Lipinski definition) is 2. The minimum Gasteiger partial charge on any atom is -0.347 e. The monoisotopic (exact) mass is 255 g/mol. The van der Waals surface area contributed by atoms with E-state index in [1.807, 2.05) is 6.92 Å². The lowest BCUT2D eigenvalue weighted by Crippen LogP contribution is -2.33. The van der Waals surface area contributed by atoms with Crippen LogP contribution in [0.1, 0.15) is 17.4 Å². The van der Waals surface area contributed by atoms with Crippen LogP contribution < -0.4 is 11.1 Å². The average Bonchev–Trinajstić information content (AvgIpc) is 2.63. The van der Waals surface area contributed by atoms with Gasteiger partial charge in [0.2, 0.25) is 5.91 Å². The molecule has 0 fully saturated rings. The molecule has 0 saturated carbocycles. The highest BCUT2D eigenvalue weighted by Gasteiger charge is 2.12. The van der Waals surface area contributed by atoms with Crippen molar-refractivity contribution < 1.29 is 9.59 Å². The van der Waals surface area contributed by atoms with Crippen molar-refractivity contribution in [1.29, 1.82) is 0 Å². The average molecular weight is 255 g/mol. The van der Waals surface area contributed by atoms with Gasteiger partial charge in [0.05, 0.1) is 5.75 Å². The minimum atomic E-state index is -0.371. The lowest BCUT2D eigenvalue weighted by Gasteiger charge is -2.06. The van der Waals surface area contributed by atoms with Crippen molar-refractivity contribution in [1.82, 2.24) is 9.88 Å². The van der Waals surface area contributed by atoms with E-state index in [9.17, 15) is 9.59 Å². The zero-order chi connectivity index (χ0) is 12.8. The third-order valence-electron chi connectivity index (χ3n) is 2.04. The molecule has 1 unspecified atom stereocenters. The standard InChI is InChI=1S/C11H17N3O2S/c1-8(12)6-17-7-10(15)13-11(16)9-4-3-5-14(9)2/h3-5,8H,6-7,12H2,1-2H3,(H,13,15,16). The Kier molecular flexibility index (Phi) is 5.24. The summed E-state index contributed by atoms with van der Waals surface area (Å²) in [6.45, 7) is 1.88. The number of carbonyl (C=O) groups is 2. The number of aromatic nitrogens is 1. The molecule has 1 aromatic heterocycles. The van der Waals surface area contributed by atoms with Gasteiger partial charge in [-0.05, 0) is 19.1 Å². The molecule has 0 spiro atoms. The van der Waals surface area contributed by atoms with Gasteiger partial charge < -0.3 is 10.3 Å². The molecule has 1 atom stereocenters. The van der Waals surface area contributed by atoms with Gasteiger partial charge in [-0.2, -0.15) is 11.8 Å². The summed E-state index contributed by atoms with van der Waals surface area (Å²) in [6.07, 6.45) is 1.75. The van der Waals surface area contributed by atoms with Crippen LogP contribution in [0.4, 0.5) is 0 Å². The number of nitrogens with one attached hydrogen (secondary N) is 1. The largest absolute Gasteiger partial charge is 0.347 e. The molecular formula is C11H17N3O2S. The van der Waals surface area contributed by atoms with Crippen LogP contribution in [0.5, 0.6) is 0 Å². The summed E-state index contributed by atoms with van der Waals surface area (Å²) < 4.78 is 1.66. The highest BCUT2D eigenvalue weighted by molar-refractivity contribution is 8.00. The van der Waals surface area contributed by atoms with Gasteiger partial charge in [0.1, 0.15) is 5.69 Å². The predicted octanol–water partition coefficient (Wildman–Crippen LogP) is 0.362. The third-order valence-corrected chi connectivity index (χ3v) is 3.27. The number of imide groups is 1. The molecule has 17 heavy (non-hydrogen) atoms. The van der Waals surface area contributed by atoms with Crippen molar-refractivity contribution >= 4 is 23.6 Å². The Balaban J connectivity index is 2.37. The van der Waals surface area contributed by atoms with Crippen LogP contribution in [0.15, 0.2) is 18.3 Å². The Morgan fingerprint density at radius 3 is 2.82 bits per heavy atom. The Labute approximate surface area is 105 Å². The Morgan fingerprint density at radius 1 is 1.59 bits per heavy atom. The second-order valence-corrected chi connectivity index (χ2v) is 4.90. The highest BCUT2D eigenvalue weighted by atomic mass is 32.2. The maximum Gasteiger partial charge on any atom is 0.274 e. The summed E-state index contributed by atoms with van der Waals surface area (Å²) in [5.74, 6) is 0.287. The fourth-order valence-corrected chi connectivity index (χ4v) is 2.01. The van der Waals surface area contributed by atoms with Crippen LogP contribution in [0.3, 0.4) is 0 Å². The number of amides is 2. The van der Waals surface area contributed by atoms with Gasteiger partial charge in [0.25, 0.3) is 5.91 Å². The molecule has 94 valence electrons. The van der Waals surface area contributed by atoms with Crippen molar-refractivity contribution in [3.8, 4) is 0 Å². The van der Waals surface area contributed by atoms with Crippen molar-refractivity contribution in [3.05, 3.63) is 24.0 Å². The number of nitrogens with zero attached hydrogens (tertiary/aromatic N) is 1. The topological polar surface area (TPSA) is 77.1 Å². The smallest absolute Gasteiger partial charge is 0.274 e. The van der Waals surface area contributed by atoms with E-state index in [4.69, 9.17) is 5.73 Å². The summed E-state index contributed by atoms with van der Waals surface area (Å²) >= 11 is 1.42. The van der Waals surface area contributed by atoms with Gasteiger partial charge >= 0.3 is 0 Å². The molecule has 3 N–H and O–H groups in total. The van der Waals surface area contributed by atoms with Gasteiger partial charge in [-0.15, -0.1) is 0 Å². The number of nitrogens with two attached hydrogens (primary N) is 1. The number of hydrogen-bond acceptors (Lipinski definition) is 4. The zero-order valence-corrected chi connectivity index (χ0v) is 10.8. The second kappa shape index (κ2) is 6.46. The molecule has 1 aromatic rings.